The van der Waals surface area contributed by atoms with Crippen LogP contribution in [-0.2, 0) is 4.79 Å². The van der Waals surface area contributed by atoms with Crippen molar-refractivity contribution in [3.05, 3.63) is 17.8 Å². The molecule has 2 amide bonds. The lowest BCUT2D eigenvalue weighted by atomic mass is 10.3. The van der Waals surface area contributed by atoms with Crippen LogP contribution < -0.4 is 16.0 Å². The lowest BCUT2D eigenvalue weighted by Gasteiger charge is -2.06. The molecule has 1 heterocycles. The quantitative estimate of drug-likeness (QED) is 0.659. The third kappa shape index (κ3) is 4.20. The second kappa shape index (κ2) is 6.12. The van der Waals surface area contributed by atoms with Gasteiger partial charge in [0.05, 0.1) is 6.54 Å². The van der Waals surface area contributed by atoms with Gasteiger partial charge in [-0.1, -0.05) is 0 Å². The molecule has 0 atom stereocenters. The van der Waals surface area contributed by atoms with Crippen molar-refractivity contribution in [2.45, 2.75) is 12.8 Å². The number of nitrogens with zero attached hydrogens (tertiary/aromatic N) is 2. The van der Waals surface area contributed by atoms with Crippen LogP contribution in [0, 0.1) is 5.92 Å². The summed E-state index contributed by atoms with van der Waals surface area (Å²) in [7, 11) is 1.53. The number of hydrogen-bond donors (Lipinski definition) is 3. The molecule has 2 rings (SSSR count). The fourth-order valence-electron chi connectivity index (χ4n) is 1.49. The zero-order valence-electron chi connectivity index (χ0n) is 10.8. The minimum absolute atomic E-state index is 0.0657. The first-order valence-electron chi connectivity index (χ1n) is 6.25. The maximum Gasteiger partial charge on any atom is 0.271 e. The van der Waals surface area contributed by atoms with Gasteiger partial charge in [-0.3, -0.25) is 9.59 Å². The Kier molecular flexibility index (Phi) is 4.27. The molecule has 1 aromatic rings. The highest BCUT2D eigenvalue weighted by Gasteiger charge is 2.21. The van der Waals surface area contributed by atoms with Crippen LogP contribution in [0.5, 0.6) is 0 Å². The van der Waals surface area contributed by atoms with E-state index in [9.17, 15) is 9.59 Å². The molecule has 0 unspecified atom stereocenters. The second-order valence-corrected chi connectivity index (χ2v) is 4.48. The lowest BCUT2D eigenvalue weighted by molar-refractivity contribution is -0.119. The Labute approximate surface area is 111 Å². The summed E-state index contributed by atoms with van der Waals surface area (Å²) in [4.78, 5) is 22.7. The molecular weight excluding hydrogens is 246 g/mol. The Bertz CT molecular complexity index is 456. The Balaban J connectivity index is 1.75. The first-order valence-corrected chi connectivity index (χ1v) is 6.25. The summed E-state index contributed by atoms with van der Waals surface area (Å²) in [5, 5.41) is 15.7. The normalized spacial score (nSPS) is 13.7. The Morgan fingerprint density at radius 2 is 2.11 bits per heavy atom. The lowest BCUT2D eigenvalue weighted by Crippen LogP contribution is -2.31. The van der Waals surface area contributed by atoms with Crippen LogP contribution in [0.25, 0.3) is 0 Å². The smallest absolute Gasteiger partial charge is 0.271 e. The molecule has 1 aromatic heterocycles. The number of anilines is 1. The first-order chi connectivity index (χ1) is 9.19. The average Bonchev–Trinajstić information content (AvgIpc) is 3.26. The highest BCUT2D eigenvalue weighted by Crippen LogP contribution is 2.27. The summed E-state index contributed by atoms with van der Waals surface area (Å²) in [5.41, 5.74) is 0.242. The molecule has 3 N–H and O–H groups in total. The molecule has 1 saturated carbocycles. The Morgan fingerprint density at radius 1 is 1.32 bits per heavy atom. The van der Waals surface area contributed by atoms with Gasteiger partial charge >= 0.3 is 0 Å². The number of amides is 2. The van der Waals surface area contributed by atoms with E-state index in [2.05, 4.69) is 26.1 Å². The second-order valence-electron chi connectivity index (χ2n) is 4.48. The van der Waals surface area contributed by atoms with Crippen molar-refractivity contribution in [2.75, 3.05) is 25.5 Å². The number of carbonyl (C=O) groups excluding carboxylic acids is 2. The fraction of sp³-hybridized carbons (Fsp3) is 0.500. The third-order valence-electron chi connectivity index (χ3n) is 2.84. The van der Waals surface area contributed by atoms with Gasteiger partial charge < -0.3 is 16.0 Å². The van der Waals surface area contributed by atoms with Crippen LogP contribution in [0.15, 0.2) is 12.1 Å². The van der Waals surface area contributed by atoms with E-state index in [1.165, 1.54) is 19.9 Å². The maximum atomic E-state index is 11.5. The van der Waals surface area contributed by atoms with Crippen molar-refractivity contribution in [3.8, 4) is 0 Å². The molecule has 0 bridgehead atoms. The van der Waals surface area contributed by atoms with Gasteiger partial charge in [0, 0.05) is 13.6 Å². The van der Waals surface area contributed by atoms with Crippen molar-refractivity contribution in [2.24, 2.45) is 5.92 Å². The van der Waals surface area contributed by atoms with Gasteiger partial charge in [0.1, 0.15) is 5.82 Å². The maximum absolute atomic E-state index is 11.5. The molecule has 102 valence electrons. The van der Waals surface area contributed by atoms with Crippen LogP contribution in [0.4, 0.5) is 5.82 Å². The Morgan fingerprint density at radius 3 is 2.68 bits per heavy atom. The standard InChI is InChI=1S/C12H17N5O2/c1-13-12(19)9-4-5-10(17-16-9)14-7-11(18)15-6-8-2-3-8/h4-5,8H,2-3,6-7H2,1H3,(H,13,19)(H,14,17)(H,15,18). The molecule has 19 heavy (non-hydrogen) atoms. The monoisotopic (exact) mass is 263 g/mol. The van der Waals surface area contributed by atoms with Gasteiger partial charge in [-0.05, 0) is 30.9 Å². The topological polar surface area (TPSA) is 96.0 Å². The van der Waals surface area contributed by atoms with Crippen molar-refractivity contribution >= 4 is 17.6 Å². The van der Waals surface area contributed by atoms with Crippen molar-refractivity contribution in [3.63, 3.8) is 0 Å². The van der Waals surface area contributed by atoms with Crippen LogP contribution >= 0.6 is 0 Å². The van der Waals surface area contributed by atoms with Gasteiger partial charge in [-0.25, -0.2) is 0 Å². The largest absolute Gasteiger partial charge is 0.360 e. The number of hydrogen-bond acceptors (Lipinski definition) is 5. The molecule has 7 heteroatoms. The summed E-state index contributed by atoms with van der Waals surface area (Å²) in [6.07, 6.45) is 2.42. The average molecular weight is 263 g/mol. The summed E-state index contributed by atoms with van der Waals surface area (Å²) in [6, 6.07) is 3.17. The van der Waals surface area contributed by atoms with Gasteiger partial charge in [0.15, 0.2) is 5.69 Å². The Hall–Kier alpha value is -2.18. The molecule has 1 fully saturated rings. The predicted octanol–water partition coefficient (Wildman–Crippen LogP) is -0.226. The molecule has 7 nitrogen and oxygen atoms in total. The molecule has 0 spiro atoms. The third-order valence-corrected chi connectivity index (χ3v) is 2.84. The molecule has 0 aliphatic heterocycles. The van der Waals surface area contributed by atoms with Crippen LogP contribution in [0.1, 0.15) is 23.3 Å². The van der Waals surface area contributed by atoms with E-state index in [0.717, 1.165) is 6.54 Å². The van der Waals surface area contributed by atoms with E-state index in [1.807, 2.05) is 0 Å². The van der Waals surface area contributed by atoms with Gasteiger partial charge in [-0.15, -0.1) is 10.2 Å². The predicted molar refractivity (Wildman–Crippen MR) is 69.6 cm³/mol. The first kappa shape index (κ1) is 13.3. The van der Waals surface area contributed by atoms with E-state index in [0.29, 0.717) is 11.7 Å². The number of carbonyl (C=O) groups is 2. The zero-order chi connectivity index (χ0) is 13.7. The van der Waals surface area contributed by atoms with E-state index >= 15 is 0 Å². The van der Waals surface area contributed by atoms with Gasteiger partial charge in [0.25, 0.3) is 5.91 Å². The van der Waals surface area contributed by atoms with Gasteiger partial charge in [-0.2, -0.15) is 0 Å². The van der Waals surface area contributed by atoms with Crippen LogP contribution in [-0.4, -0.2) is 42.1 Å². The summed E-state index contributed by atoms with van der Waals surface area (Å²) < 4.78 is 0. The number of rotatable bonds is 6. The minimum atomic E-state index is -0.291. The summed E-state index contributed by atoms with van der Waals surface area (Å²) >= 11 is 0. The van der Waals surface area contributed by atoms with Gasteiger partial charge in [0.2, 0.25) is 5.91 Å². The van der Waals surface area contributed by atoms with E-state index in [4.69, 9.17) is 0 Å². The van der Waals surface area contributed by atoms with E-state index in [-0.39, 0.29) is 24.1 Å². The van der Waals surface area contributed by atoms with Crippen LogP contribution in [0.2, 0.25) is 0 Å². The molecule has 1 aliphatic carbocycles. The summed E-state index contributed by atoms with van der Waals surface area (Å²) in [5.74, 6) is 0.773. The van der Waals surface area contributed by atoms with E-state index < -0.39 is 0 Å². The molecule has 1 aliphatic rings. The highest BCUT2D eigenvalue weighted by molar-refractivity contribution is 5.91. The van der Waals surface area contributed by atoms with E-state index in [1.54, 1.807) is 12.1 Å². The van der Waals surface area contributed by atoms with Crippen molar-refractivity contribution < 1.29 is 9.59 Å². The fourth-order valence-corrected chi connectivity index (χ4v) is 1.49. The molecule has 0 radical (unpaired) electrons. The molecular formula is C12H17N5O2. The van der Waals surface area contributed by atoms with Crippen molar-refractivity contribution in [1.82, 2.24) is 20.8 Å². The zero-order valence-corrected chi connectivity index (χ0v) is 10.8. The SMILES string of the molecule is CNC(=O)c1ccc(NCC(=O)NCC2CC2)nn1. The highest BCUT2D eigenvalue weighted by atomic mass is 16.2. The number of nitrogens with one attached hydrogen (secondary N) is 3. The molecule has 0 aromatic carbocycles. The van der Waals surface area contributed by atoms with Crippen molar-refractivity contribution in [1.29, 1.82) is 0 Å². The number of aromatic nitrogens is 2. The molecule has 0 saturated heterocycles. The summed E-state index contributed by atoms with van der Waals surface area (Å²) in [6.45, 7) is 0.905. The van der Waals surface area contributed by atoms with Crippen LogP contribution in [0.3, 0.4) is 0 Å². The minimum Gasteiger partial charge on any atom is -0.360 e.